The molecule has 0 fully saturated rings. The van der Waals surface area contributed by atoms with Crippen LogP contribution in [0.3, 0.4) is 0 Å². The van der Waals surface area contributed by atoms with Gasteiger partial charge < -0.3 is 0 Å². The zero-order chi connectivity index (χ0) is 4.41. The predicted molar refractivity (Wildman–Crippen MR) is 30.5 cm³/mol. The third kappa shape index (κ3) is 0.801. The van der Waals surface area contributed by atoms with Gasteiger partial charge >= 0.3 is 0 Å². The summed E-state index contributed by atoms with van der Waals surface area (Å²) in [6.07, 6.45) is 1.14. The van der Waals surface area contributed by atoms with Crippen LogP contribution in [-0.2, 0) is 0 Å². The zero-order valence-corrected chi connectivity index (χ0v) is 4.29. The molecule has 1 aliphatic heterocycles. The normalized spacial score (nSPS) is 33.2. The topological polar surface area (TPSA) is 38.0 Å². The van der Waals surface area contributed by atoms with E-state index >= 15 is 0 Å². The van der Waals surface area contributed by atoms with Crippen molar-refractivity contribution in [2.24, 2.45) is 5.14 Å². The van der Waals surface area contributed by atoms with Crippen molar-refractivity contribution in [3.63, 3.8) is 0 Å². The fourth-order valence-electron chi connectivity index (χ4n) is 0.422. The molecule has 0 aromatic heterocycles. The first-order valence-corrected chi connectivity index (χ1v) is 3.29. The minimum Gasteiger partial charge on any atom is -0.271 e. The summed E-state index contributed by atoms with van der Waals surface area (Å²) < 4.78 is 3.07. The van der Waals surface area contributed by atoms with Gasteiger partial charge in [0.05, 0.1) is 0 Å². The van der Waals surface area contributed by atoms with Crippen molar-refractivity contribution in [3.05, 3.63) is 0 Å². The van der Waals surface area contributed by atoms with Crippen LogP contribution in [0, 0.1) is 0 Å². The first kappa shape index (κ1) is 4.30. The summed E-state index contributed by atoms with van der Waals surface area (Å²) in [5, 5.41) is 7.49. The number of hydrogen-bond acceptors (Lipinski definition) is 2. The lowest BCUT2D eigenvalue weighted by atomic mass is 10.5. The van der Waals surface area contributed by atoms with E-state index in [1.807, 2.05) is 0 Å². The number of hydrogen-bond donors (Lipinski definition) is 2. The SMILES string of the molecule is NS1=CCCN1. The highest BCUT2D eigenvalue weighted by Gasteiger charge is 1.92. The molecule has 6 heavy (non-hydrogen) atoms. The molecule has 0 spiro atoms. The summed E-state index contributed by atoms with van der Waals surface area (Å²) in [5.41, 5.74) is 0. The second kappa shape index (κ2) is 1.73. The highest BCUT2D eigenvalue weighted by Crippen LogP contribution is 1.98. The molecule has 1 rings (SSSR count). The fourth-order valence-corrected chi connectivity index (χ4v) is 1.26. The molecule has 0 saturated carbocycles. The molecule has 3 N–H and O–H groups in total. The van der Waals surface area contributed by atoms with Gasteiger partial charge in [-0.05, 0) is 11.8 Å². The minimum absolute atomic E-state index is 0.0478. The van der Waals surface area contributed by atoms with Crippen LogP contribution in [0.15, 0.2) is 0 Å². The Kier molecular flexibility index (Phi) is 1.24. The molecule has 1 unspecified atom stereocenters. The van der Waals surface area contributed by atoms with E-state index in [9.17, 15) is 0 Å². The van der Waals surface area contributed by atoms with Crippen LogP contribution >= 0.6 is 10.9 Å². The Morgan fingerprint density at radius 2 is 2.67 bits per heavy atom. The third-order valence-corrected chi connectivity index (χ3v) is 1.84. The molecule has 1 aliphatic rings. The molecule has 36 valence electrons. The highest BCUT2D eigenvalue weighted by atomic mass is 32.2. The Morgan fingerprint density at radius 3 is 2.83 bits per heavy atom. The lowest BCUT2D eigenvalue weighted by Gasteiger charge is -1.88. The first-order valence-electron chi connectivity index (χ1n) is 1.94. The van der Waals surface area contributed by atoms with Crippen molar-refractivity contribution in [1.29, 1.82) is 0 Å². The van der Waals surface area contributed by atoms with Gasteiger partial charge in [0.25, 0.3) is 0 Å². The summed E-state index contributed by atoms with van der Waals surface area (Å²) in [6.45, 7) is 1.07. The summed E-state index contributed by atoms with van der Waals surface area (Å²) in [6, 6.07) is 0. The molecule has 0 amide bonds. The zero-order valence-electron chi connectivity index (χ0n) is 3.48. The number of nitrogens with two attached hydrogens (primary N) is 1. The van der Waals surface area contributed by atoms with Crippen molar-refractivity contribution in [2.75, 3.05) is 6.54 Å². The maximum Gasteiger partial charge on any atom is 0.0105 e. The van der Waals surface area contributed by atoms with Crippen LogP contribution in [0.5, 0.6) is 0 Å². The molecule has 0 saturated heterocycles. The van der Waals surface area contributed by atoms with Gasteiger partial charge in [-0.3, -0.25) is 9.86 Å². The van der Waals surface area contributed by atoms with E-state index in [1.54, 1.807) is 0 Å². The summed E-state index contributed by atoms with van der Waals surface area (Å²) >= 11 is 0. The van der Waals surface area contributed by atoms with Gasteiger partial charge in [0.15, 0.2) is 0 Å². The largest absolute Gasteiger partial charge is 0.271 e. The van der Waals surface area contributed by atoms with Gasteiger partial charge in [0.2, 0.25) is 0 Å². The molecular weight excluding hydrogens is 96.1 g/mol. The standard InChI is InChI=1S/C3H8N2S/c4-6-3-1-2-5-6/h3,5H,1-2,4H2. The van der Waals surface area contributed by atoms with Gasteiger partial charge in [-0.1, -0.05) is 10.9 Å². The molecule has 0 aliphatic carbocycles. The lowest BCUT2D eigenvalue weighted by molar-refractivity contribution is 1.000. The first-order chi connectivity index (χ1) is 2.89. The lowest BCUT2D eigenvalue weighted by Crippen LogP contribution is -2.03. The third-order valence-electron chi connectivity index (χ3n) is 0.710. The van der Waals surface area contributed by atoms with Crippen molar-refractivity contribution < 1.29 is 0 Å². The monoisotopic (exact) mass is 104 g/mol. The van der Waals surface area contributed by atoms with Crippen molar-refractivity contribution >= 4 is 16.2 Å². The van der Waals surface area contributed by atoms with E-state index < -0.39 is 0 Å². The summed E-state index contributed by atoms with van der Waals surface area (Å²) in [4.78, 5) is 0. The minimum atomic E-state index is -0.0478. The van der Waals surface area contributed by atoms with Gasteiger partial charge in [-0.2, -0.15) is 0 Å². The molecule has 1 atom stereocenters. The Balaban J connectivity index is 2.45. The van der Waals surface area contributed by atoms with Crippen LogP contribution < -0.4 is 9.86 Å². The maximum atomic E-state index is 5.40. The molecule has 1 heterocycles. The van der Waals surface area contributed by atoms with Gasteiger partial charge in [-0.25, -0.2) is 0 Å². The second-order valence-electron chi connectivity index (χ2n) is 1.22. The Bertz CT molecular complexity index is 78.9. The second-order valence-corrected chi connectivity index (χ2v) is 2.59. The van der Waals surface area contributed by atoms with E-state index in [0.29, 0.717) is 0 Å². The van der Waals surface area contributed by atoms with Crippen molar-refractivity contribution in [2.45, 2.75) is 6.42 Å². The smallest absolute Gasteiger partial charge is 0.0105 e. The predicted octanol–water partition coefficient (Wildman–Crippen LogP) is -0.161. The molecule has 3 heteroatoms. The quantitative estimate of drug-likeness (QED) is 0.419. The maximum absolute atomic E-state index is 5.40. The van der Waals surface area contributed by atoms with Crippen LogP contribution in [-0.4, -0.2) is 11.9 Å². The molecular formula is C3H8N2S. The van der Waals surface area contributed by atoms with E-state index in [0.717, 1.165) is 13.0 Å². The Morgan fingerprint density at radius 1 is 1.83 bits per heavy atom. The van der Waals surface area contributed by atoms with E-state index in [1.165, 1.54) is 0 Å². The van der Waals surface area contributed by atoms with Gasteiger partial charge in [0.1, 0.15) is 0 Å². The number of nitrogens with one attached hydrogen (secondary N) is 1. The number of rotatable bonds is 0. The Labute approximate surface area is 39.9 Å². The molecule has 0 bridgehead atoms. The van der Waals surface area contributed by atoms with Crippen LogP contribution in [0.2, 0.25) is 0 Å². The summed E-state index contributed by atoms with van der Waals surface area (Å²) in [5.74, 6) is 0. The molecule has 0 radical (unpaired) electrons. The van der Waals surface area contributed by atoms with E-state index in [-0.39, 0.29) is 10.9 Å². The highest BCUT2D eigenvalue weighted by molar-refractivity contribution is 8.11. The van der Waals surface area contributed by atoms with Crippen LogP contribution in [0.1, 0.15) is 6.42 Å². The average Bonchev–Trinajstić information content (AvgIpc) is 1.86. The molecule has 0 aromatic carbocycles. The van der Waals surface area contributed by atoms with Crippen molar-refractivity contribution in [3.8, 4) is 0 Å². The fraction of sp³-hybridized carbons (Fsp3) is 0.667. The van der Waals surface area contributed by atoms with Crippen molar-refractivity contribution in [1.82, 2.24) is 4.72 Å². The molecule has 0 aromatic rings. The van der Waals surface area contributed by atoms with Crippen LogP contribution in [0.25, 0.3) is 0 Å². The van der Waals surface area contributed by atoms with Crippen LogP contribution in [0.4, 0.5) is 0 Å². The van der Waals surface area contributed by atoms with Gasteiger partial charge in [-0.15, -0.1) is 0 Å². The van der Waals surface area contributed by atoms with Gasteiger partial charge in [0, 0.05) is 6.54 Å². The van der Waals surface area contributed by atoms with E-state index in [4.69, 9.17) is 5.14 Å². The summed E-state index contributed by atoms with van der Waals surface area (Å²) in [7, 11) is -0.0478. The average molecular weight is 104 g/mol. The molecule has 2 nitrogen and oxygen atoms in total. The Hall–Kier alpha value is 0.140. The van der Waals surface area contributed by atoms with E-state index in [2.05, 4.69) is 10.1 Å².